The van der Waals surface area contributed by atoms with Crippen LogP contribution in [0.3, 0.4) is 0 Å². The molecule has 0 bridgehead atoms. The van der Waals surface area contributed by atoms with Crippen LogP contribution >= 0.6 is 0 Å². The highest BCUT2D eigenvalue weighted by atomic mass is 16.2. The van der Waals surface area contributed by atoms with Gasteiger partial charge in [0, 0.05) is 20.0 Å². The molecular weight excluding hydrogens is 202 g/mol. The Labute approximate surface area is 98.6 Å². The smallest absolute Gasteiger partial charge is 0.222 e. The number of nitrogens with one attached hydrogen (secondary N) is 1. The van der Waals surface area contributed by atoms with Crippen molar-refractivity contribution in [3.63, 3.8) is 0 Å². The minimum Gasteiger partial charge on any atom is -0.346 e. The third-order valence-electron chi connectivity index (χ3n) is 3.72. The van der Waals surface area contributed by atoms with Crippen LogP contribution in [0.2, 0.25) is 0 Å². The Kier molecular flexibility index (Phi) is 5.22. The maximum absolute atomic E-state index is 12.0. The van der Waals surface area contributed by atoms with Crippen LogP contribution in [0, 0.1) is 5.41 Å². The van der Waals surface area contributed by atoms with Gasteiger partial charge in [-0.15, -0.1) is 0 Å². The molecule has 4 nitrogen and oxygen atoms in total. The van der Waals surface area contributed by atoms with E-state index in [0.717, 1.165) is 32.4 Å². The van der Waals surface area contributed by atoms with Gasteiger partial charge >= 0.3 is 0 Å². The first-order valence-corrected chi connectivity index (χ1v) is 6.22. The average molecular weight is 227 g/mol. The Bertz CT molecular complexity index is 221. The normalized spacial score (nSPS) is 17.9. The van der Waals surface area contributed by atoms with Crippen molar-refractivity contribution in [3.8, 4) is 0 Å². The van der Waals surface area contributed by atoms with Crippen molar-refractivity contribution in [1.29, 1.82) is 0 Å². The topological polar surface area (TPSA) is 58.4 Å². The molecule has 0 unspecified atom stereocenters. The summed E-state index contributed by atoms with van der Waals surface area (Å²) < 4.78 is 0. The number of carbonyl (C=O) groups is 1. The van der Waals surface area contributed by atoms with Crippen LogP contribution in [0.15, 0.2) is 0 Å². The molecule has 0 aromatic rings. The monoisotopic (exact) mass is 227 g/mol. The molecule has 0 spiro atoms. The molecule has 0 atom stereocenters. The lowest BCUT2D eigenvalue weighted by atomic mass is 9.66. The first kappa shape index (κ1) is 13.5. The summed E-state index contributed by atoms with van der Waals surface area (Å²) >= 11 is 0. The molecule has 0 aromatic heterocycles. The molecule has 0 radical (unpaired) electrons. The second kappa shape index (κ2) is 6.21. The van der Waals surface area contributed by atoms with Crippen molar-refractivity contribution in [1.82, 2.24) is 10.2 Å². The predicted octanol–water partition coefficient (Wildman–Crippen LogP) is 0.573. The molecule has 1 aliphatic carbocycles. The molecule has 0 heterocycles. The Balaban J connectivity index is 2.27. The molecule has 0 saturated heterocycles. The van der Waals surface area contributed by atoms with Gasteiger partial charge in [-0.25, -0.2) is 0 Å². The highest BCUT2D eigenvalue weighted by molar-refractivity contribution is 5.76. The van der Waals surface area contributed by atoms with Crippen molar-refractivity contribution >= 4 is 5.91 Å². The lowest BCUT2D eigenvalue weighted by molar-refractivity contribution is -0.133. The summed E-state index contributed by atoms with van der Waals surface area (Å²) in [6.07, 6.45) is 5.13. The summed E-state index contributed by atoms with van der Waals surface area (Å²) in [5.74, 6) is 0.251. The number of hydrogen-bond donors (Lipinski definition) is 2. The third-order valence-corrected chi connectivity index (χ3v) is 3.72. The van der Waals surface area contributed by atoms with Crippen LogP contribution in [-0.4, -0.2) is 44.5 Å². The van der Waals surface area contributed by atoms with Crippen LogP contribution in [0.4, 0.5) is 0 Å². The van der Waals surface area contributed by atoms with Gasteiger partial charge in [-0.2, -0.15) is 0 Å². The molecule has 0 aliphatic heterocycles. The highest BCUT2D eigenvalue weighted by Crippen LogP contribution is 2.43. The number of hydrogen-bond acceptors (Lipinski definition) is 3. The molecule has 1 amide bonds. The van der Waals surface area contributed by atoms with Gasteiger partial charge in [0.05, 0.1) is 0 Å². The number of rotatable bonds is 7. The third kappa shape index (κ3) is 3.46. The zero-order chi connectivity index (χ0) is 12.0. The van der Waals surface area contributed by atoms with Gasteiger partial charge in [-0.3, -0.25) is 4.79 Å². The van der Waals surface area contributed by atoms with E-state index in [1.54, 1.807) is 0 Å². The predicted molar refractivity (Wildman–Crippen MR) is 66.1 cm³/mol. The maximum Gasteiger partial charge on any atom is 0.222 e. The van der Waals surface area contributed by atoms with Crippen molar-refractivity contribution in [3.05, 3.63) is 0 Å². The van der Waals surface area contributed by atoms with Crippen LogP contribution < -0.4 is 11.1 Å². The molecule has 1 aliphatic rings. The number of carbonyl (C=O) groups excluding carboxylic acids is 1. The molecular formula is C12H25N3O. The summed E-state index contributed by atoms with van der Waals surface area (Å²) in [6.45, 7) is 2.45. The Morgan fingerprint density at radius 1 is 1.50 bits per heavy atom. The van der Waals surface area contributed by atoms with Gasteiger partial charge < -0.3 is 16.0 Å². The van der Waals surface area contributed by atoms with E-state index in [-0.39, 0.29) is 11.3 Å². The van der Waals surface area contributed by atoms with E-state index in [2.05, 4.69) is 5.32 Å². The summed E-state index contributed by atoms with van der Waals surface area (Å²) in [4.78, 5) is 13.8. The maximum atomic E-state index is 12.0. The van der Waals surface area contributed by atoms with E-state index >= 15 is 0 Å². The Hall–Kier alpha value is -0.610. The molecule has 1 fully saturated rings. The zero-order valence-electron chi connectivity index (χ0n) is 10.6. The fourth-order valence-electron chi connectivity index (χ4n) is 2.20. The number of nitrogens with zero attached hydrogens (tertiary/aromatic N) is 1. The van der Waals surface area contributed by atoms with E-state index in [9.17, 15) is 4.79 Å². The second-order valence-electron chi connectivity index (χ2n) is 5.01. The van der Waals surface area contributed by atoms with Gasteiger partial charge in [-0.05, 0) is 44.8 Å². The molecule has 4 heteroatoms. The molecule has 3 N–H and O–H groups in total. The fourth-order valence-corrected chi connectivity index (χ4v) is 2.20. The average Bonchev–Trinajstić information content (AvgIpc) is 2.23. The van der Waals surface area contributed by atoms with Crippen LogP contribution in [0.1, 0.15) is 32.1 Å². The first-order chi connectivity index (χ1) is 7.63. The minimum absolute atomic E-state index is 0.133. The number of amides is 1. The summed E-state index contributed by atoms with van der Waals surface area (Å²) in [5.41, 5.74) is 5.89. The van der Waals surface area contributed by atoms with E-state index in [4.69, 9.17) is 5.73 Å². The van der Waals surface area contributed by atoms with E-state index < -0.39 is 0 Å². The van der Waals surface area contributed by atoms with E-state index in [1.165, 1.54) is 6.42 Å². The van der Waals surface area contributed by atoms with Gasteiger partial charge in [0.25, 0.3) is 0 Å². The standard InChI is InChI=1S/C12H25N3O/c1-14-7-4-8-15(2)11(16)9-12(10-13)5-3-6-12/h14H,3-10,13H2,1-2H3. The van der Waals surface area contributed by atoms with Gasteiger partial charge in [0.2, 0.25) is 5.91 Å². The van der Waals surface area contributed by atoms with Crippen LogP contribution in [0.5, 0.6) is 0 Å². The van der Waals surface area contributed by atoms with Gasteiger partial charge in [-0.1, -0.05) is 6.42 Å². The van der Waals surface area contributed by atoms with E-state index in [0.29, 0.717) is 13.0 Å². The Morgan fingerprint density at radius 3 is 2.62 bits per heavy atom. The largest absolute Gasteiger partial charge is 0.346 e. The van der Waals surface area contributed by atoms with Crippen molar-refractivity contribution in [2.45, 2.75) is 32.1 Å². The number of nitrogens with two attached hydrogens (primary N) is 1. The van der Waals surface area contributed by atoms with Crippen molar-refractivity contribution in [2.75, 3.05) is 33.7 Å². The summed E-state index contributed by atoms with van der Waals surface area (Å²) in [7, 11) is 3.82. The first-order valence-electron chi connectivity index (χ1n) is 6.22. The SMILES string of the molecule is CNCCCN(C)C(=O)CC1(CN)CCC1. The van der Waals surface area contributed by atoms with E-state index in [1.807, 2.05) is 19.0 Å². The molecule has 1 rings (SSSR count). The van der Waals surface area contributed by atoms with Crippen LogP contribution in [-0.2, 0) is 4.79 Å². The van der Waals surface area contributed by atoms with Gasteiger partial charge in [0.15, 0.2) is 0 Å². The van der Waals surface area contributed by atoms with Gasteiger partial charge in [0.1, 0.15) is 0 Å². The lowest BCUT2D eigenvalue weighted by Crippen LogP contribution is -2.42. The van der Waals surface area contributed by atoms with Crippen molar-refractivity contribution < 1.29 is 4.79 Å². The van der Waals surface area contributed by atoms with Crippen molar-refractivity contribution in [2.24, 2.45) is 11.1 Å². The Morgan fingerprint density at radius 2 is 2.19 bits per heavy atom. The molecule has 94 valence electrons. The fraction of sp³-hybridized carbons (Fsp3) is 0.917. The minimum atomic E-state index is 0.133. The summed E-state index contributed by atoms with van der Waals surface area (Å²) in [6, 6.07) is 0. The summed E-state index contributed by atoms with van der Waals surface area (Å²) in [5, 5.41) is 3.09. The lowest BCUT2D eigenvalue weighted by Gasteiger charge is -2.41. The zero-order valence-corrected chi connectivity index (χ0v) is 10.6. The molecule has 0 aromatic carbocycles. The van der Waals surface area contributed by atoms with Crippen LogP contribution in [0.25, 0.3) is 0 Å². The molecule has 16 heavy (non-hydrogen) atoms. The molecule has 1 saturated carbocycles. The second-order valence-corrected chi connectivity index (χ2v) is 5.01. The quantitative estimate of drug-likeness (QED) is 0.625. The highest BCUT2D eigenvalue weighted by Gasteiger charge is 2.38.